The van der Waals surface area contributed by atoms with Gasteiger partial charge in [-0.15, -0.1) is 0 Å². The molecule has 0 aliphatic carbocycles. The summed E-state index contributed by atoms with van der Waals surface area (Å²) in [6, 6.07) is 6.00. The van der Waals surface area contributed by atoms with Crippen LogP contribution in [-0.2, 0) is 6.54 Å². The number of aliphatic hydroxyl groups excluding tert-OH is 1. The van der Waals surface area contributed by atoms with Crippen molar-refractivity contribution < 1.29 is 5.11 Å². The molecule has 2 rings (SSSR count). The van der Waals surface area contributed by atoms with E-state index in [0.717, 1.165) is 37.3 Å². The van der Waals surface area contributed by atoms with Crippen LogP contribution in [0.5, 0.6) is 0 Å². The molecule has 0 aliphatic rings. The molecule has 2 aromatic rings. The van der Waals surface area contributed by atoms with E-state index in [1.807, 2.05) is 28.8 Å². The van der Waals surface area contributed by atoms with Crippen molar-refractivity contribution in [2.75, 3.05) is 13.2 Å². The van der Waals surface area contributed by atoms with Crippen LogP contribution in [0.2, 0.25) is 0 Å². The van der Waals surface area contributed by atoms with E-state index in [1.165, 1.54) is 0 Å². The molecule has 4 nitrogen and oxygen atoms in total. The fraction of sp³-hybridized carbons (Fsp3) is 0.500. The summed E-state index contributed by atoms with van der Waals surface area (Å²) in [5.74, 6) is 0.405. The lowest BCUT2D eigenvalue weighted by molar-refractivity contribution is 0.228. The van der Waals surface area contributed by atoms with E-state index in [0.29, 0.717) is 5.92 Å². The molecule has 0 radical (unpaired) electrons. The van der Waals surface area contributed by atoms with Crippen molar-refractivity contribution in [3.63, 3.8) is 0 Å². The highest BCUT2D eigenvalue weighted by atomic mass is 16.3. The Balaban J connectivity index is 1.73. The third kappa shape index (κ3) is 3.55. The van der Waals surface area contributed by atoms with Crippen LogP contribution in [0.1, 0.15) is 25.5 Å². The van der Waals surface area contributed by atoms with Gasteiger partial charge in [-0.3, -0.25) is 0 Å². The zero-order valence-electron chi connectivity index (χ0n) is 10.8. The maximum Gasteiger partial charge on any atom is 0.137 e. The molecule has 1 atom stereocenters. The Hall–Kier alpha value is -1.39. The van der Waals surface area contributed by atoms with E-state index in [1.54, 1.807) is 0 Å². The molecule has 1 unspecified atom stereocenters. The number of nitrogens with one attached hydrogen (secondary N) is 1. The van der Waals surface area contributed by atoms with E-state index in [2.05, 4.69) is 23.4 Å². The standard InChI is InChI=1S/C14H21N3O/c1-12(11-18)5-4-7-15-9-13-10-17-8-3-2-6-14(17)16-13/h2-3,6,8,10,12,15,18H,4-5,7,9,11H2,1H3. The summed E-state index contributed by atoms with van der Waals surface area (Å²) in [4.78, 5) is 4.52. The van der Waals surface area contributed by atoms with Gasteiger partial charge in [0.2, 0.25) is 0 Å². The van der Waals surface area contributed by atoms with Gasteiger partial charge < -0.3 is 14.8 Å². The molecule has 2 heterocycles. The summed E-state index contributed by atoms with van der Waals surface area (Å²) in [7, 11) is 0. The third-order valence-corrected chi connectivity index (χ3v) is 3.08. The van der Waals surface area contributed by atoms with Gasteiger partial charge in [0.25, 0.3) is 0 Å². The maximum atomic E-state index is 8.92. The highest BCUT2D eigenvalue weighted by molar-refractivity contribution is 5.39. The second kappa shape index (κ2) is 6.52. The predicted octanol–water partition coefficient (Wildman–Crippen LogP) is 1.83. The molecule has 0 spiro atoms. The van der Waals surface area contributed by atoms with Crippen molar-refractivity contribution in [2.24, 2.45) is 5.92 Å². The van der Waals surface area contributed by atoms with E-state index >= 15 is 0 Å². The van der Waals surface area contributed by atoms with Gasteiger partial charge >= 0.3 is 0 Å². The molecule has 0 aliphatic heterocycles. The topological polar surface area (TPSA) is 49.6 Å². The molecule has 2 N–H and O–H groups in total. The SMILES string of the molecule is CC(CO)CCCNCc1cn2ccccc2n1. The Kier molecular flexibility index (Phi) is 4.73. The minimum Gasteiger partial charge on any atom is -0.396 e. The molecule has 0 fully saturated rings. The summed E-state index contributed by atoms with van der Waals surface area (Å²) < 4.78 is 2.03. The molecule has 0 saturated heterocycles. The van der Waals surface area contributed by atoms with Crippen molar-refractivity contribution in [1.82, 2.24) is 14.7 Å². The largest absolute Gasteiger partial charge is 0.396 e. The monoisotopic (exact) mass is 247 g/mol. The van der Waals surface area contributed by atoms with E-state index in [9.17, 15) is 0 Å². The van der Waals surface area contributed by atoms with Crippen molar-refractivity contribution in [3.05, 3.63) is 36.3 Å². The lowest BCUT2D eigenvalue weighted by atomic mass is 10.1. The van der Waals surface area contributed by atoms with E-state index in [-0.39, 0.29) is 6.61 Å². The smallest absolute Gasteiger partial charge is 0.137 e. The number of aromatic nitrogens is 2. The Morgan fingerprint density at radius 1 is 1.44 bits per heavy atom. The molecule has 0 saturated carbocycles. The first kappa shape index (κ1) is 13.1. The molecule has 0 aromatic carbocycles. The number of nitrogens with zero attached hydrogens (tertiary/aromatic N) is 2. The highest BCUT2D eigenvalue weighted by Gasteiger charge is 2.01. The van der Waals surface area contributed by atoms with Crippen molar-refractivity contribution in [3.8, 4) is 0 Å². The first-order valence-corrected chi connectivity index (χ1v) is 6.54. The van der Waals surface area contributed by atoms with Gasteiger partial charge in [0.1, 0.15) is 5.65 Å². The van der Waals surface area contributed by atoms with Crippen LogP contribution in [0.3, 0.4) is 0 Å². The van der Waals surface area contributed by atoms with Gasteiger partial charge in [0.15, 0.2) is 0 Å². The number of pyridine rings is 1. The fourth-order valence-electron chi connectivity index (χ4n) is 1.96. The second-order valence-electron chi connectivity index (χ2n) is 4.81. The van der Waals surface area contributed by atoms with Crippen LogP contribution in [0, 0.1) is 5.92 Å². The van der Waals surface area contributed by atoms with Gasteiger partial charge in [-0.2, -0.15) is 0 Å². The molecule has 18 heavy (non-hydrogen) atoms. The minimum absolute atomic E-state index is 0.284. The number of hydrogen-bond donors (Lipinski definition) is 2. The summed E-state index contributed by atoms with van der Waals surface area (Å²) in [6.45, 7) is 4.13. The quantitative estimate of drug-likeness (QED) is 0.734. The molecular weight excluding hydrogens is 226 g/mol. The first-order chi connectivity index (χ1) is 8.79. The normalized spacial score (nSPS) is 13.0. The molecule has 4 heteroatoms. The number of imidazole rings is 1. The van der Waals surface area contributed by atoms with Crippen LogP contribution in [0.15, 0.2) is 30.6 Å². The van der Waals surface area contributed by atoms with Gasteiger partial charge in [-0.05, 0) is 37.4 Å². The Bertz CT molecular complexity index is 448. The number of rotatable bonds is 7. The lowest BCUT2D eigenvalue weighted by Crippen LogP contribution is -2.16. The number of fused-ring (bicyclic) bond motifs is 1. The second-order valence-corrected chi connectivity index (χ2v) is 4.81. The van der Waals surface area contributed by atoms with Crippen molar-refractivity contribution >= 4 is 5.65 Å². The van der Waals surface area contributed by atoms with Gasteiger partial charge in [-0.25, -0.2) is 4.98 Å². The third-order valence-electron chi connectivity index (χ3n) is 3.08. The predicted molar refractivity (Wildman–Crippen MR) is 72.4 cm³/mol. The minimum atomic E-state index is 0.284. The van der Waals surface area contributed by atoms with Crippen LogP contribution in [-0.4, -0.2) is 27.6 Å². The lowest BCUT2D eigenvalue weighted by Gasteiger charge is -2.07. The Morgan fingerprint density at radius 3 is 3.11 bits per heavy atom. The molecule has 2 aromatic heterocycles. The first-order valence-electron chi connectivity index (χ1n) is 6.54. The highest BCUT2D eigenvalue weighted by Crippen LogP contribution is 2.05. The van der Waals surface area contributed by atoms with Gasteiger partial charge in [-0.1, -0.05) is 13.0 Å². The number of hydrogen-bond acceptors (Lipinski definition) is 3. The zero-order chi connectivity index (χ0) is 12.8. The van der Waals surface area contributed by atoms with Gasteiger partial charge in [0, 0.05) is 25.5 Å². The van der Waals surface area contributed by atoms with Crippen LogP contribution >= 0.6 is 0 Å². The van der Waals surface area contributed by atoms with E-state index in [4.69, 9.17) is 5.11 Å². The van der Waals surface area contributed by atoms with Crippen LogP contribution < -0.4 is 5.32 Å². The molecule has 0 bridgehead atoms. The molecule has 0 amide bonds. The fourth-order valence-corrected chi connectivity index (χ4v) is 1.96. The number of aliphatic hydroxyl groups is 1. The summed E-state index contributed by atoms with van der Waals surface area (Å²) in [5, 5.41) is 12.3. The average molecular weight is 247 g/mol. The van der Waals surface area contributed by atoms with Crippen molar-refractivity contribution in [1.29, 1.82) is 0 Å². The Labute approximate surface area is 108 Å². The molecular formula is C14H21N3O. The van der Waals surface area contributed by atoms with Crippen LogP contribution in [0.4, 0.5) is 0 Å². The van der Waals surface area contributed by atoms with Gasteiger partial charge in [0.05, 0.1) is 5.69 Å². The summed E-state index contributed by atoms with van der Waals surface area (Å²) >= 11 is 0. The maximum absolute atomic E-state index is 8.92. The summed E-state index contributed by atoms with van der Waals surface area (Å²) in [6.07, 6.45) is 6.22. The zero-order valence-corrected chi connectivity index (χ0v) is 10.8. The molecule has 98 valence electrons. The summed E-state index contributed by atoms with van der Waals surface area (Å²) in [5.41, 5.74) is 2.06. The van der Waals surface area contributed by atoms with E-state index < -0.39 is 0 Å². The Morgan fingerprint density at radius 2 is 2.33 bits per heavy atom. The average Bonchev–Trinajstić information content (AvgIpc) is 2.80. The van der Waals surface area contributed by atoms with Crippen LogP contribution in [0.25, 0.3) is 5.65 Å². The van der Waals surface area contributed by atoms with Crippen molar-refractivity contribution in [2.45, 2.75) is 26.3 Å².